The number of carbonyl (C=O) groups is 2. The van der Waals surface area contributed by atoms with Crippen molar-refractivity contribution in [1.29, 1.82) is 0 Å². The lowest BCUT2D eigenvalue weighted by Gasteiger charge is -2.09. The van der Waals surface area contributed by atoms with Crippen molar-refractivity contribution < 1.29 is 9.59 Å². The lowest BCUT2D eigenvalue weighted by Crippen LogP contribution is -2.27. The number of benzene rings is 2. The van der Waals surface area contributed by atoms with Gasteiger partial charge in [0.2, 0.25) is 11.8 Å². The number of nitrogens with one attached hydrogen (secondary N) is 2. The first-order valence-electron chi connectivity index (χ1n) is 8.15. The fourth-order valence-electron chi connectivity index (χ4n) is 2.14. The van der Waals surface area contributed by atoms with Crippen LogP contribution in [0.1, 0.15) is 18.4 Å². The highest BCUT2D eigenvalue weighted by Crippen LogP contribution is 2.21. The zero-order valence-corrected chi connectivity index (χ0v) is 17.5. The molecule has 0 aliphatic carbocycles. The van der Waals surface area contributed by atoms with Gasteiger partial charge in [-0.05, 0) is 48.9 Å². The third-order valence-corrected chi connectivity index (χ3v) is 5.32. The number of hydrogen-bond acceptors (Lipinski definition) is 3. The van der Waals surface area contributed by atoms with E-state index >= 15 is 0 Å². The zero-order chi connectivity index (χ0) is 18.9. The van der Waals surface area contributed by atoms with Crippen molar-refractivity contribution >= 4 is 56.8 Å². The second-order valence-electron chi connectivity index (χ2n) is 5.66. The highest BCUT2D eigenvalue weighted by molar-refractivity contribution is 9.10. The van der Waals surface area contributed by atoms with Crippen LogP contribution in [0.2, 0.25) is 5.02 Å². The van der Waals surface area contributed by atoms with Crippen LogP contribution in [0, 0.1) is 6.92 Å². The van der Waals surface area contributed by atoms with E-state index < -0.39 is 0 Å². The Labute approximate surface area is 171 Å². The van der Waals surface area contributed by atoms with Crippen LogP contribution in [0.15, 0.2) is 51.8 Å². The van der Waals surface area contributed by atoms with Gasteiger partial charge in [0.25, 0.3) is 0 Å². The molecule has 2 N–H and O–H groups in total. The molecule has 0 unspecified atom stereocenters. The van der Waals surface area contributed by atoms with Crippen LogP contribution in [0.25, 0.3) is 0 Å². The van der Waals surface area contributed by atoms with Crippen molar-refractivity contribution in [1.82, 2.24) is 5.32 Å². The van der Waals surface area contributed by atoms with E-state index in [0.29, 0.717) is 23.7 Å². The first-order chi connectivity index (χ1) is 12.4. The van der Waals surface area contributed by atoms with E-state index in [1.165, 1.54) is 0 Å². The molecule has 2 aromatic rings. The number of thioether (sulfide) groups is 1. The van der Waals surface area contributed by atoms with Crippen molar-refractivity contribution in [2.24, 2.45) is 0 Å². The predicted molar refractivity (Wildman–Crippen MR) is 112 cm³/mol. The number of amides is 2. The molecule has 2 rings (SSSR count). The molecule has 0 spiro atoms. The van der Waals surface area contributed by atoms with Crippen molar-refractivity contribution in [3.05, 3.63) is 57.5 Å². The van der Waals surface area contributed by atoms with E-state index in [1.807, 2.05) is 49.4 Å². The SMILES string of the molecule is Cc1ccc(Br)cc1NC(=O)CCNC(=O)CCSc1ccc(Cl)cc1. The summed E-state index contributed by atoms with van der Waals surface area (Å²) in [5, 5.41) is 6.33. The van der Waals surface area contributed by atoms with Gasteiger partial charge in [-0.15, -0.1) is 11.8 Å². The molecule has 0 atom stereocenters. The standard InChI is InChI=1S/C19H20BrClN2O2S/c1-13-2-3-14(20)12-17(13)23-19(25)8-10-22-18(24)9-11-26-16-6-4-15(21)5-7-16/h2-7,12H,8-11H2,1H3,(H,22,24)(H,23,25). The minimum absolute atomic E-state index is 0.0575. The van der Waals surface area contributed by atoms with Gasteiger partial charge in [0.15, 0.2) is 0 Å². The molecule has 0 fully saturated rings. The molecule has 0 saturated heterocycles. The Morgan fingerprint density at radius 3 is 2.54 bits per heavy atom. The Kier molecular flexibility index (Phi) is 8.48. The van der Waals surface area contributed by atoms with Gasteiger partial charge >= 0.3 is 0 Å². The van der Waals surface area contributed by atoms with Gasteiger partial charge in [0, 0.05) is 45.2 Å². The van der Waals surface area contributed by atoms with Crippen LogP contribution >= 0.6 is 39.3 Å². The number of anilines is 1. The Morgan fingerprint density at radius 1 is 1.08 bits per heavy atom. The van der Waals surface area contributed by atoms with Crippen molar-refractivity contribution in [3.8, 4) is 0 Å². The monoisotopic (exact) mass is 454 g/mol. The molecule has 2 aromatic carbocycles. The Hall–Kier alpha value is -1.50. The minimum atomic E-state index is -0.123. The van der Waals surface area contributed by atoms with Crippen LogP contribution in [0.4, 0.5) is 5.69 Å². The minimum Gasteiger partial charge on any atom is -0.356 e. The third kappa shape index (κ3) is 7.40. The van der Waals surface area contributed by atoms with Gasteiger partial charge in [-0.2, -0.15) is 0 Å². The van der Waals surface area contributed by atoms with E-state index in [1.54, 1.807) is 11.8 Å². The summed E-state index contributed by atoms with van der Waals surface area (Å²) in [6.07, 6.45) is 0.641. The topological polar surface area (TPSA) is 58.2 Å². The Morgan fingerprint density at radius 2 is 1.81 bits per heavy atom. The van der Waals surface area contributed by atoms with Crippen molar-refractivity contribution in [2.75, 3.05) is 17.6 Å². The quantitative estimate of drug-likeness (QED) is 0.548. The van der Waals surface area contributed by atoms with E-state index in [-0.39, 0.29) is 18.2 Å². The number of aryl methyl sites for hydroxylation is 1. The van der Waals surface area contributed by atoms with Gasteiger partial charge in [-0.1, -0.05) is 33.6 Å². The fraction of sp³-hybridized carbons (Fsp3) is 0.263. The molecule has 0 radical (unpaired) electrons. The van der Waals surface area contributed by atoms with Gasteiger partial charge in [0.05, 0.1) is 0 Å². The number of carbonyl (C=O) groups excluding carboxylic acids is 2. The molecular formula is C19H20BrClN2O2S. The third-order valence-electron chi connectivity index (χ3n) is 3.56. The lowest BCUT2D eigenvalue weighted by molar-refractivity contribution is -0.120. The van der Waals surface area contributed by atoms with Gasteiger partial charge < -0.3 is 10.6 Å². The maximum Gasteiger partial charge on any atom is 0.226 e. The predicted octanol–water partition coefficient (Wildman–Crippen LogP) is 5.04. The highest BCUT2D eigenvalue weighted by Gasteiger charge is 2.07. The van der Waals surface area contributed by atoms with Crippen molar-refractivity contribution in [3.63, 3.8) is 0 Å². The van der Waals surface area contributed by atoms with Crippen LogP contribution in [0.5, 0.6) is 0 Å². The largest absolute Gasteiger partial charge is 0.356 e. The second-order valence-corrected chi connectivity index (χ2v) is 8.18. The molecule has 0 aromatic heterocycles. The number of halogens is 2. The van der Waals surface area contributed by atoms with E-state index in [0.717, 1.165) is 20.6 Å². The molecule has 7 heteroatoms. The fourth-order valence-corrected chi connectivity index (χ4v) is 3.48. The molecule has 0 aliphatic heterocycles. The van der Waals surface area contributed by atoms with Crippen LogP contribution in [-0.2, 0) is 9.59 Å². The lowest BCUT2D eigenvalue weighted by atomic mass is 10.2. The summed E-state index contributed by atoms with van der Waals surface area (Å²) in [5.41, 5.74) is 1.76. The number of hydrogen-bond donors (Lipinski definition) is 2. The molecule has 138 valence electrons. The molecule has 4 nitrogen and oxygen atoms in total. The van der Waals surface area contributed by atoms with Crippen molar-refractivity contribution in [2.45, 2.75) is 24.7 Å². The first kappa shape index (κ1) is 20.8. The summed E-state index contributed by atoms with van der Waals surface area (Å²) in [4.78, 5) is 24.9. The summed E-state index contributed by atoms with van der Waals surface area (Å²) in [6, 6.07) is 13.2. The molecular weight excluding hydrogens is 436 g/mol. The zero-order valence-electron chi connectivity index (χ0n) is 14.4. The van der Waals surface area contributed by atoms with Crippen LogP contribution in [0.3, 0.4) is 0 Å². The Bertz CT molecular complexity index is 769. The highest BCUT2D eigenvalue weighted by atomic mass is 79.9. The summed E-state index contributed by atoms with van der Waals surface area (Å²) < 4.78 is 0.907. The first-order valence-corrected chi connectivity index (χ1v) is 10.3. The summed E-state index contributed by atoms with van der Waals surface area (Å²) in [7, 11) is 0. The summed E-state index contributed by atoms with van der Waals surface area (Å²) in [5.74, 6) is 0.497. The number of rotatable bonds is 8. The van der Waals surface area contributed by atoms with Gasteiger partial charge in [0.1, 0.15) is 0 Å². The van der Waals surface area contributed by atoms with E-state index in [9.17, 15) is 9.59 Å². The maximum atomic E-state index is 12.0. The van der Waals surface area contributed by atoms with Crippen LogP contribution in [-0.4, -0.2) is 24.1 Å². The second kappa shape index (κ2) is 10.6. The molecule has 0 bridgehead atoms. The average molecular weight is 456 g/mol. The average Bonchev–Trinajstić information content (AvgIpc) is 2.60. The van der Waals surface area contributed by atoms with E-state index in [2.05, 4.69) is 26.6 Å². The smallest absolute Gasteiger partial charge is 0.226 e. The normalized spacial score (nSPS) is 10.4. The summed E-state index contributed by atoms with van der Waals surface area (Å²) in [6.45, 7) is 2.26. The molecule has 0 heterocycles. The summed E-state index contributed by atoms with van der Waals surface area (Å²) >= 11 is 10.8. The van der Waals surface area contributed by atoms with Gasteiger partial charge in [-0.3, -0.25) is 9.59 Å². The molecule has 0 saturated carbocycles. The molecule has 2 amide bonds. The van der Waals surface area contributed by atoms with E-state index in [4.69, 9.17) is 11.6 Å². The maximum absolute atomic E-state index is 12.0. The molecule has 0 aliphatic rings. The molecule has 26 heavy (non-hydrogen) atoms. The Balaban J connectivity index is 1.63. The van der Waals surface area contributed by atoms with Gasteiger partial charge in [-0.25, -0.2) is 0 Å². The van der Waals surface area contributed by atoms with Crippen LogP contribution < -0.4 is 10.6 Å².